The summed E-state index contributed by atoms with van der Waals surface area (Å²) in [5.74, 6) is 0.706. The summed E-state index contributed by atoms with van der Waals surface area (Å²) in [6.07, 6.45) is 10.7. The number of nitrogens with one attached hydrogen (secondary N) is 1. The highest BCUT2D eigenvalue weighted by Gasteiger charge is 2.11. The van der Waals surface area contributed by atoms with Crippen molar-refractivity contribution >= 4 is 24.2 Å². The Kier molecular flexibility index (Phi) is 13.6. The predicted molar refractivity (Wildman–Crippen MR) is 118 cm³/mol. The maximum Gasteiger partial charge on any atom is 0.411 e. The number of halogens is 1. The Morgan fingerprint density at radius 2 is 1.71 bits per heavy atom. The molecule has 1 saturated heterocycles. The maximum atomic E-state index is 12.1. The Morgan fingerprint density at radius 1 is 1.00 bits per heavy atom. The summed E-state index contributed by atoms with van der Waals surface area (Å²) in [5.41, 5.74) is 0.672. The number of rotatable bonds is 11. The fourth-order valence-corrected chi connectivity index (χ4v) is 3.36. The lowest BCUT2D eigenvalue weighted by Crippen LogP contribution is -2.30. The first kappa shape index (κ1) is 24.6. The molecule has 0 radical (unpaired) electrons. The summed E-state index contributed by atoms with van der Waals surface area (Å²) < 4.78 is 11.2. The van der Waals surface area contributed by atoms with Gasteiger partial charge in [0.2, 0.25) is 0 Å². The number of para-hydroxylation sites is 2. The highest BCUT2D eigenvalue weighted by molar-refractivity contribution is 5.86. The Bertz CT molecular complexity index is 534. The van der Waals surface area contributed by atoms with Crippen molar-refractivity contribution in [1.82, 2.24) is 4.90 Å². The van der Waals surface area contributed by atoms with Gasteiger partial charge >= 0.3 is 6.09 Å². The van der Waals surface area contributed by atoms with E-state index in [1.54, 1.807) is 0 Å². The molecule has 0 bridgehead atoms. The van der Waals surface area contributed by atoms with E-state index < -0.39 is 6.09 Å². The van der Waals surface area contributed by atoms with Crippen LogP contribution in [-0.2, 0) is 4.74 Å². The van der Waals surface area contributed by atoms with Crippen molar-refractivity contribution in [2.75, 3.05) is 38.2 Å². The van der Waals surface area contributed by atoms with Crippen molar-refractivity contribution in [3.63, 3.8) is 0 Å². The molecule has 1 N–H and O–H groups in total. The third-order valence-electron chi connectivity index (χ3n) is 4.97. The van der Waals surface area contributed by atoms with Gasteiger partial charge in [-0.1, -0.05) is 57.6 Å². The molecule has 0 aliphatic carbocycles. The van der Waals surface area contributed by atoms with Crippen LogP contribution in [0.2, 0.25) is 0 Å². The lowest BCUT2D eigenvalue weighted by molar-refractivity contribution is 0.140. The van der Waals surface area contributed by atoms with Crippen molar-refractivity contribution in [2.45, 2.75) is 64.7 Å². The molecule has 160 valence electrons. The number of carbonyl (C=O) groups excluding carboxylic acids is 1. The number of unbranched alkanes of at least 4 members (excludes halogenated alkanes) is 4. The van der Waals surface area contributed by atoms with E-state index in [-0.39, 0.29) is 12.4 Å². The Hall–Kier alpha value is -1.46. The van der Waals surface area contributed by atoms with E-state index >= 15 is 0 Å². The van der Waals surface area contributed by atoms with Crippen molar-refractivity contribution in [3.05, 3.63) is 24.3 Å². The number of amides is 1. The summed E-state index contributed by atoms with van der Waals surface area (Å²) in [5, 5.41) is 2.82. The number of benzene rings is 1. The van der Waals surface area contributed by atoms with E-state index in [0.29, 0.717) is 24.7 Å². The van der Waals surface area contributed by atoms with Gasteiger partial charge in [-0.2, -0.15) is 0 Å². The fourth-order valence-electron chi connectivity index (χ4n) is 3.36. The minimum absolute atomic E-state index is 0. The molecule has 0 aromatic heterocycles. The van der Waals surface area contributed by atoms with Gasteiger partial charge < -0.3 is 9.47 Å². The summed E-state index contributed by atoms with van der Waals surface area (Å²) in [6, 6.07) is 7.55. The largest absolute Gasteiger partial charge is 0.491 e. The van der Waals surface area contributed by atoms with E-state index in [0.717, 1.165) is 26.1 Å². The second-order valence-electron chi connectivity index (χ2n) is 7.28. The normalized spacial score (nSPS) is 14.6. The highest BCUT2D eigenvalue weighted by Crippen LogP contribution is 2.24. The van der Waals surface area contributed by atoms with Gasteiger partial charge in [-0.3, -0.25) is 10.2 Å². The molecule has 0 saturated carbocycles. The van der Waals surface area contributed by atoms with Crippen LogP contribution in [0.1, 0.15) is 64.7 Å². The topological polar surface area (TPSA) is 50.8 Å². The summed E-state index contributed by atoms with van der Waals surface area (Å²) in [4.78, 5) is 14.5. The standard InChI is InChI=1S/C22H36N2O3.ClH/c1-2-3-4-7-12-18-26-21-14-9-8-13-20(21)23-22(25)27-19-17-24-15-10-5-6-11-16-24;/h8-9,13-14H,2-7,10-12,15-19H2,1H3,(H,23,25);1H. The average molecular weight is 413 g/mol. The van der Waals surface area contributed by atoms with Gasteiger partial charge in [0.1, 0.15) is 12.4 Å². The van der Waals surface area contributed by atoms with E-state index in [2.05, 4.69) is 17.1 Å². The molecule has 1 aromatic rings. The monoisotopic (exact) mass is 412 g/mol. The van der Waals surface area contributed by atoms with Crippen LogP contribution >= 0.6 is 12.4 Å². The third-order valence-corrected chi connectivity index (χ3v) is 4.97. The zero-order chi connectivity index (χ0) is 19.2. The Labute approximate surface area is 176 Å². The fraction of sp³-hybridized carbons (Fsp3) is 0.682. The SMILES string of the molecule is CCCCCCCOc1ccccc1NC(=O)OCCN1CCCCCC1.Cl. The molecule has 0 unspecified atom stereocenters. The highest BCUT2D eigenvalue weighted by atomic mass is 35.5. The van der Waals surface area contributed by atoms with Crippen molar-refractivity contribution in [3.8, 4) is 5.75 Å². The summed E-state index contributed by atoms with van der Waals surface area (Å²) >= 11 is 0. The number of anilines is 1. The minimum atomic E-state index is -0.413. The van der Waals surface area contributed by atoms with Crippen LogP contribution in [0.25, 0.3) is 0 Å². The van der Waals surface area contributed by atoms with Crippen molar-refractivity contribution < 1.29 is 14.3 Å². The van der Waals surface area contributed by atoms with Crippen LogP contribution < -0.4 is 10.1 Å². The molecule has 1 aliphatic heterocycles. The smallest absolute Gasteiger partial charge is 0.411 e. The zero-order valence-corrected chi connectivity index (χ0v) is 18.1. The van der Waals surface area contributed by atoms with Gasteiger partial charge in [0, 0.05) is 6.54 Å². The first-order valence-corrected chi connectivity index (χ1v) is 10.7. The van der Waals surface area contributed by atoms with Gasteiger partial charge in [-0.05, 0) is 44.5 Å². The Balaban J connectivity index is 0.00000392. The number of nitrogens with zero attached hydrogens (tertiary/aromatic N) is 1. The van der Waals surface area contributed by atoms with Crippen molar-refractivity contribution in [1.29, 1.82) is 0 Å². The second kappa shape index (κ2) is 15.5. The molecular formula is C22H37ClN2O3. The molecule has 2 rings (SSSR count). The quantitative estimate of drug-likeness (QED) is 0.461. The van der Waals surface area contributed by atoms with Gasteiger partial charge in [0.15, 0.2) is 0 Å². The molecule has 1 heterocycles. The van der Waals surface area contributed by atoms with Crippen LogP contribution in [0.3, 0.4) is 0 Å². The Morgan fingerprint density at radius 3 is 2.46 bits per heavy atom. The number of carbonyl (C=O) groups is 1. The van der Waals surface area contributed by atoms with E-state index in [1.807, 2.05) is 24.3 Å². The van der Waals surface area contributed by atoms with Crippen LogP contribution in [0.5, 0.6) is 5.75 Å². The lowest BCUT2D eigenvalue weighted by atomic mass is 10.2. The molecule has 1 aromatic carbocycles. The lowest BCUT2D eigenvalue weighted by Gasteiger charge is -2.19. The molecular weight excluding hydrogens is 376 g/mol. The van der Waals surface area contributed by atoms with Crippen LogP contribution in [0.4, 0.5) is 10.5 Å². The van der Waals surface area contributed by atoms with Gasteiger partial charge in [0.25, 0.3) is 0 Å². The molecule has 28 heavy (non-hydrogen) atoms. The number of likely N-dealkylation sites (tertiary alicyclic amines) is 1. The predicted octanol–water partition coefficient (Wildman–Crippen LogP) is 5.88. The van der Waals surface area contributed by atoms with E-state index in [1.165, 1.54) is 51.4 Å². The third kappa shape index (κ3) is 10.2. The van der Waals surface area contributed by atoms with E-state index in [4.69, 9.17) is 9.47 Å². The molecule has 1 fully saturated rings. The first-order chi connectivity index (χ1) is 13.3. The van der Waals surface area contributed by atoms with Gasteiger partial charge in [-0.15, -0.1) is 12.4 Å². The number of ether oxygens (including phenoxy) is 2. The van der Waals surface area contributed by atoms with Crippen molar-refractivity contribution in [2.24, 2.45) is 0 Å². The number of hydrogen-bond donors (Lipinski definition) is 1. The van der Waals surface area contributed by atoms with Crippen LogP contribution in [0, 0.1) is 0 Å². The van der Waals surface area contributed by atoms with Gasteiger partial charge in [-0.25, -0.2) is 4.79 Å². The molecule has 5 nitrogen and oxygen atoms in total. The summed E-state index contributed by atoms with van der Waals surface area (Å²) in [6.45, 7) is 6.34. The average Bonchev–Trinajstić information content (AvgIpc) is 2.95. The first-order valence-electron chi connectivity index (χ1n) is 10.7. The zero-order valence-electron chi connectivity index (χ0n) is 17.3. The molecule has 1 aliphatic rings. The number of hydrogen-bond acceptors (Lipinski definition) is 4. The molecule has 0 spiro atoms. The maximum absolute atomic E-state index is 12.1. The summed E-state index contributed by atoms with van der Waals surface area (Å²) in [7, 11) is 0. The van der Waals surface area contributed by atoms with Gasteiger partial charge in [0.05, 0.1) is 12.3 Å². The molecule has 6 heteroatoms. The minimum Gasteiger partial charge on any atom is -0.491 e. The molecule has 0 atom stereocenters. The second-order valence-corrected chi connectivity index (χ2v) is 7.28. The van der Waals surface area contributed by atoms with Crippen LogP contribution in [-0.4, -0.2) is 43.8 Å². The van der Waals surface area contributed by atoms with E-state index in [9.17, 15) is 4.79 Å². The molecule has 1 amide bonds. The van der Waals surface area contributed by atoms with Crippen LogP contribution in [0.15, 0.2) is 24.3 Å².